The highest BCUT2D eigenvalue weighted by molar-refractivity contribution is 7.90. The Morgan fingerprint density at radius 1 is 1.29 bits per heavy atom. The molecule has 1 heterocycles. The van der Waals surface area contributed by atoms with Crippen LogP contribution in [0.4, 0.5) is 0 Å². The van der Waals surface area contributed by atoms with E-state index in [4.69, 9.17) is 9.15 Å². The van der Waals surface area contributed by atoms with E-state index in [0.717, 1.165) is 5.76 Å². The molecule has 5 nitrogen and oxygen atoms in total. The molecule has 0 saturated carbocycles. The number of rotatable bonds is 7. The van der Waals surface area contributed by atoms with Crippen LogP contribution in [0.5, 0.6) is 5.75 Å². The second-order valence-electron chi connectivity index (χ2n) is 4.79. The van der Waals surface area contributed by atoms with Crippen molar-refractivity contribution < 1.29 is 17.6 Å². The van der Waals surface area contributed by atoms with Gasteiger partial charge in [0, 0.05) is 12.8 Å². The Hall–Kier alpha value is -1.79. The molecule has 21 heavy (non-hydrogen) atoms. The van der Waals surface area contributed by atoms with Crippen molar-refractivity contribution >= 4 is 9.84 Å². The molecule has 0 amide bonds. The van der Waals surface area contributed by atoms with E-state index in [0.29, 0.717) is 18.9 Å². The fourth-order valence-electron chi connectivity index (χ4n) is 1.88. The first-order valence-corrected chi connectivity index (χ1v) is 8.55. The third-order valence-electron chi connectivity index (χ3n) is 3.02. The molecule has 2 rings (SSSR count). The van der Waals surface area contributed by atoms with Gasteiger partial charge in [0.2, 0.25) is 0 Å². The van der Waals surface area contributed by atoms with E-state index in [2.05, 4.69) is 5.32 Å². The van der Waals surface area contributed by atoms with Crippen LogP contribution >= 0.6 is 0 Å². The van der Waals surface area contributed by atoms with Crippen LogP contribution in [0.3, 0.4) is 0 Å². The van der Waals surface area contributed by atoms with E-state index in [9.17, 15) is 8.42 Å². The molecular weight excluding hydrogens is 290 g/mol. The van der Waals surface area contributed by atoms with Crippen LogP contribution in [0.1, 0.15) is 18.7 Å². The Bertz CT molecular complexity index is 665. The molecule has 0 radical (unpaired) electrons. The van der Waals surface area contributed by atoms with Crippen molar-refractivity contribution in [1.29, 1.82) is 0 Å². The van der Waals surface area contributed by atoms with Gasteiger partial charge in [0.1, 0.15) is 18.1 Å². The summed E-state index contributed by atoms with van der Waals surface area (Å²) in [4.78, 5) is 0.261. The lowest BCUT2D eigenvalue weighted by molar-refractivity contribution is 0.301. The zero-order valence-corrected chi connectivity index (χ0v) is 12.9. The molecule has 0 bridgehead atoms. The summed E-state index contributed by atoms with van der Waals surface area (Å²) in [7, 11) is -3.21. The average Bonchev–Trinajstić information content (AvgIpc) is 2.97. The Morgan fingerprint density at radius 3 is 2.76 bits per heavy atom. The minimum atomic E-state index is -3.21. The Labute approximate surface area is 124 Å². The average molecular weight is 309 g/mol. The minimum absolute atomic E-state index is 0.103. The summed E-state index contributed by atoms with van der Waals surface area (Å²) in [6, 6.07) is 10.4. The molecule has 1 aromatic carbocycles. The molecule has 0 aliphatic carbocycles. The Morgan fingerprint density at radius 2 is 2.10 bits per heavy atom. The van der Waals surface area contributed by atoms with Gasteiger partial charge in [0.15, 0.2) is 9.84 Å². The zero-order chi connectivity index (χ0) is 15.3. The number of furan rings is 1. The summed E-state index contributed by atoms with van der Waals surface area (Å²) < 4.78 is 33.8. The predicted octanol–water partition coefficient (Wildman–Crippen LogP) is 2.41. The van der Waals surface area contributed by atoms with Crippen LogP contribution in [0.15, 0.2) is 52.0 Å². The molecule has 1 atom stereocenters. The molecule has 2 aromatic rings. The molecule has 0 spiro atoms. The summed E-state index contributed by atoms with van der Waals surface area (Å²) in [5.74, 6) is 1.42. The molecule has 0 saturated heterocycles. The molecule has 1 unspecified atom stereocenters. The van der Waals surface area contributed by atoms with Crippen LogP contribution in [0.2, 0.25) is 0 Å². The first kappa shape index (κ1) is 15.6. The lowest BCUT2D eigenvalue weighted by atomic mass is 10.2. The fraction of sp³-hybridized carbons (Fsp3) is 0.333. The number of nitrogens with one attached hydrogen (secondary N) is 1. The van der Waals surface area contributed by atoms with Gasteiger partial charge in [-0.25, -0.2) is 8.42 Å². The highest BCUT2D eigenvalue weighted by Crippen LogP contribution is 2.17. The highest BCUT2D eigenvalue weighted by atomic mass is 32.2. The molecule has 1 N–H and O–H groups in total. The number of hydrogen-bond acceptors (Lipinski definition) is 5. The number of ether oxygens (including phenoxy) is 1. The van der Waals surface area contributed by atoms with E-state index in [1.165, 1.54) is 12.3 Å². The molecule has 0 aliphatic heterocycles. The highest BCUT2D eigenvalue weighted by Gasteiger charge is 2.09. The predicted molar refractivity (Wildman–Crippen MR) is 80.2 cm³/mol. The smallest absolute Gasteiger partial charge is 0.175 e. The van der Waals surface area contributed by atoms with E-state index >= 15 is 0 Å². The maximum absolute atomic E-state index is 11.5. The van der Waals surface area contributed by atoms with Crippen molar-refractivity contribution in [3.63, 3.8) is 0 Å². The van der Waals surface area contributed by atoms with E-state index in [1.807, 2.05) is 19.1 Å². The van der Waals surface area contributed by atoms with Crippen LogP contribution in [-0.4, -0.2) is 27.8 Å². The van der Waals surface area contributed by atoms with Gasteiger partial charge in [0.25, 0.3) is 0 Å². The molecule has 114 valence electrons. The van der Waals surface area contributed by atoms with E-state index in [1.54, 1.807) is 24.5 Å². The SMILES string of the molecule is CC(NCCOc1cccc(S(C)(=O)=O)c1)c1ccco1. The third-order valence-corrected chi connectivity index (χ3v) is 4.14. The van der Waals surface area contributed by atoms with Gasteiger partial charge < -0.3 is 14.5 Å². The van der Waals surface area contributed by atoms with Gasteiger partial charge in [0.05, 0.1) is 17.2 Å². The summed E-state index contributed by atoms with van der Waals surface area (Å²) in [6.45, 7) is 3.08. The second-order valence-corrected chi connectivity index (χ2v) is 6.80. The maximum atomic E-state index is 11.5. The van der Waals surface area contributed by atoms with Crippen LogP contribution in [0, 0.1) is 0 Å². The van der Waals surface area contributed by atoms with Gasteiger partial charge in [-0.15, -0.1) is 0 Å². The molecule has 0 fully saturated rings. The van der Waals surface area contributed by atoms with Crippen molar-refractivity contribution in [2.75, 3.05) is 19.4 Å². The largest absolute Gasteiger partial charge is 0.492 e. The van der Waals surface area contributed by atoms with Crippen molar-refractivity contribution in [2.24, 2.45) is 0 Å². The van der Waals surface area contributed by atoms with Crippen molar-refractivity contribution in [3.05, 3.63) is 48.4 Å². The Balaban J connectivity index is 1.81. The van der Waals surface area contributed by atoms with Gasteiger partial charge >= 0.3 is 0 Å². The van der Waals surface area contributed by atoms with Gasteiger partial charge in [-0.3, -0.25) is 0 Å². The van der Waals surface area contributed by atoms with E-state index in [-0.39, 0.29) is 10.9 Å². The van der Waals surface area contributed by atoms with Crippen LogP contribution in [-0.2, 0) is 9.84 Å². The normalized spacial score (nSPS) is 13.0. The first-order valence-electron chi connectivity index (χ1n) is 6.66. The number of hydrogen-bond donors (Lipinski definition) is 1. The summed E-state index contributed by atoms with van der Waals surface area (Å²) >= 11 is 0. The maximum Gasteiger partial charge on any atom is 0.175 e. The number of benzene rings is 1. The minimum Gasteiger partial charge on any atom is -0.492 e. The van der Waals surface area contributed by atoms with Crippen molar-refractivity contribution in [2.45, 2.75) is 17.9 Å². The number of sulfone groups is 1. The van der Waals surface area contributed by atoms with Gasteiger partial charge in [-0.05, 0) is 37.3 Å². The molecule has 0 aliphatic rings. The quantitative estimate of drug-likeness (QED) is 0.796. The van der Waals surface area contributed by atoms with Crippen LogP contribution in [0.25, 0.3) is 0 Å². The Kier molecular flexibility index (Phi) is 5.03. The van der Waals surface area contributed by atoms with Gasteiger partial charge in [-0.1, -0.05) is 6.07 Å². The molecule has 1 aromatic heterocycles. The second kappa shape index (κ2) is 6.78. The summed E-state index contributed by atoms with van der Waals surface area (Å²) in [5, 5.41) is 3.26. The van der Waals surface area contributed by atoms with Crippen molar-refractivity contribution in [1.82, 2.24) is 5.32 Å². The van der Waals surface area contributed by atoms with Gasteiger partial charge in [-0.2, -0.15) is 0 Å². The monoisotopic (exact) mass is 309 g/mol. The van der Waals surface area contributed by atoms with Crippen LogP contribution < -0.4 is 10.1 Å². The first-order chi connectivity index (χ1) is 9.97. The molecule has 6 heteroatoms. The summed E-state index contributed by atoms with van der Waals surface area (Å²) in [5.41, 5.74) is 0. The molecular formula is C15H19NO4S. The lowest BCUT2D eigenvalue weighted by Crippen LogP contribution is -2.24. The zero-order valence-electron chi connectivity index (χ0n) is 12.1. The lowest BCUT2D eigenvalue weighted by Gasteiger charge is -2.12. The topological polar surface area (TPSA) is 68.5 Å². The third kappa shape index (κ3) is 4.61. The van der Waals surface area contributed by atoms with E-state index < -0.39 is 9.84 Å². The summed E-state index contributed by atoms with van der Waals surface area (Å²) in [6.07, 6.45) is 2.82. The standard InChI is InChI=1S/C15H19NO4S/c1-12(15-7-4-9-20-15)16-8-10-19-13-5-3-6-14(11-13)21(2,17)18/h3-7,9,11-12,16H,8,10H2,1-2H3. The van der Waals surface area contributed by atoms with Crippen molar-refractivity contribution in [3.8, 4) is 5.75 Å². The fourth-order valence-corrected chi connectivity index (χ4v) is 2.53.